The van der Waals surface area contributed by atoms with Crippen LogP contribution in [0.1, 0.15) is 38.2 Å². The largest absolute Gasteiger partial charge is 0.477 e. The molecule has 0 saturated heterocycles. The number of para-hydroxylation sites is 1. The number of hydrogen-bond donors (Lipinski definition) is 1. The summed E-state index contributed by atoms with van der Waals surface area (Å²) in [5.41, 5.74) is 5.86. The monoisotopic (exact) mass is 233 g/mol. The Kier molecular flexibility index (Phi) is 3.36. The molecule has 1 amide bonds. The van der Waals surface area contributed by atoms with Gasteiger partial charge < -0.3 is 10.5 Å². The molecule has 0 aliphatic heterocycles. The zero-order valence-electron chi connectivity index (χ0n) is 10.2. The summed E-state index contributed by atoms with van der Waals surface area (Å²) < 4.78 is 5.97. The van der Waals surface area contributed by atoms with Crippen LogP contribution in [0.2, 0.25) is 0 Å². The quantitative estimate of drug-likeness (QED) is 0.868. The molecule has 0 radical (unpaired) electrons. The zero-order valence-corrected chi connectivity index (χ0v) is 10.2. The lowest BCUT2D eigenvalue weighted by molar-refractivity contribution is -0.133. The SMILES string of the molecule is CCc1ccccc1OC1(C(N)=O)CCCC1. The lowest BCUT2D eigenvalue weighted by Gasteiger charge is -2.27. The molecule has 1 aliphatic carbocycles. The van der Waals surface area contributed by atoms with Gasteiger partial charge in [0.2, 0.25) is 0 Å². The third kappa shape index (κ3) is 2.28. The van der Waals surface area contributed by atoms with Crippen LogP contribution in [0.3, 0.4) is 0 Å². The average molecular weight is 233 g/mol. The van der Waals surface area contributed by atoms with Crippen molar-refractivity contribution in [1.82, 2.24) is 0 Å². The maximum Gasteiger partial charge on any atom is 0.261 e. The third-order valence-electron chi connectivity index (χ3n) is 3.52. The van der Waals surface area contributed by atoms with Gasteiger partial charge in [0.25, 0.3) is 5.91 Å². The minimum atomic E-state index is -0.773. The summed E-state index contributed by atoms with van der Waals surface area (Å²) in [6.45, 7) is 2.08. The number of carbonyl (C=O) groups is 1. The van der Waals surface area contributed by atoms with Crippen molar-refractivity contribution in [1.29, 1.82) is 0 Å². The van der Waals surface area contributed by atoms with E-state index >= 15 is 0 Å². The maximum absolute atomic E-state index is 11.6. The second-order valence-electron chi connectivity index (χ2n) is 4.63. The van der Waals surface area contributed by atoms with E-state index in [0.29, 0.717) is 0 Å². The van der Waals surface area contributed by atoms with E-state index in [4.69, 9.17) is 10.5 Å². The molecule has 17 heavy (non-hydrogen) atoms. The molecular weight excluding hydrogens is 214 g/mol. The lowest BCUT2D eigenvalue weighted by atomic mass is 10.0. The van der Waals surface area contributed by atoms with Gasteiger partial charge in [-0.1, -0.05) is 25.1 Å². The Morgan fingerprint density at radius 3 is 2.59 bits per heavy atom. The summed E-state index contributed by atoms with van der Waals surface area (Å²) in [6, 6.07) is 7.86. The number of aryl methyl sites for hydroxylation is 1. The van der Waals surface area contributed by atoms with Crippen molar-refractivity contribution in [2.75, 3.05) is 0 Å². The van der Waals surface area contributed by atoms with E-state index in [1.54, 1.807) is 0 Å². The average Bonchev–Trinajstić information content (AvgIpc) is 2.80. The van der Waals surface area contributed by atoms with Crippen molar-refractivity contribution in [3.63, 3.8) is 0 Å². The molecule has 3 heteroatoms. The van der Waals surface area contributed by atoms with E-state index < -0.39 is 5.60 Å². The van der Waals surface area contributed by atoms with Gasteiger partial charge in [-0.15, -0.1) is 0 Å². The fourth-order valence-corrected chi connectivity index (χ4v) is 2.45. The molecule has 0 spiro atoms. The van der Waals surface area contributed by atoms with Gasteiger partial charge >= 0.3 is 0 Å². The molecule has 0 aromatic heterocycles. The Bertz CT molecular complexity index is 408. The Labute approximate surface area is 102 Å². The van der Waals surface area contributed by atoms with Crippen molar-refractivity contribution < 1.29 is 9.53 Å². The highest BCUT2D eigenvalue weighted by atomic mass is 16.5. The second-order valence-corrected chi connectivity index (χ2v) is 4.63. The minimum Gasteiger partial charge on any atom is -0.477 e. The molecule has 0 unspecified atom stereocenters. The Morgan fingerprint density at radius 2 is 2.00 bits per heavy atom. The highest BCUT2D eigenvalue weighted by Gasteiger charge is 2.42. The van der Waals surface area contributed by atoms with Gasteiger partial charge in [0, 0.05) is 0 Å². The molecule has 1 fully saturated rings. The van der Waals surface area contributed by atoms with E-state index in [1.807, 2.05) is 24.3 Å². The van der Waals surface area contributed by atoms with Crippen LogP contribution in [0.4, 0.5) is 0 Å². The highest BCUT2D eigenvalue weighted by Crippen LogP contribution is 2.35. The van der Waals surface area contributed by atoms with Crippen molar-refractivity contribution in [3.8, 4) is 5.75 Å². The van der Waals surface area contributed by atoms with Crippen molar-refractivity contribution in [3.05, 3.63) is 29.8 Å². The zero-order chi connectivity index (χ0) is 12.3. The van der Waals surface area contributed by atoms with E-state index in [1.165, 1.54) is 0 Å². The van der Waals surface area contributed by atoms with Gasteiger partial charge in [-0.25, -0.2) is 0 Å². The number of amides is 1. The van der Waals surface area contributed by atoms with Crippen LogP contribution in [0.15, 0.2) is 24.3 Å². The first-order valence-corrected chi connectivity index (χ1v) is 6.25. The van der Waals surface area contributed by atoms with Crippen LogP contribution in [0, 0.1) is 0 Å². The summed E-state index contributed by atoms with van der Waals surface area (Å²) >= 11 is 0. The predicted molar refractivity (Wildman–Crippen MR) is 66.8 cm³/mol. The molecule has 2 N–H and O–H groups in total. The summed E-state index contributed by atoms with van der Waals surface area (Å²) in [5.74, 6) is 0.469. The number of rotatable bonds is 4. The number of ether oxygens (including phenoxy) is 1. The summed E-state index contributed by atoms with van der Waals surface area (Å²) in [5, 5.41) is 0. The summed E-state index contributed by atoms with van der Waals surface area (Å²) in [6.07, 6.45) is 4.39. The van der Waals surface area contributed by atoms with Gasteiger partial charge in [0.1, 0.15) is 5.75 Å². The normalized spacial score (nSPS) is 17.9. The molecular formula is C14H19NO2. The van der Waals surface area contributed by atoms with E-state index in [9.17, 15) is 4.79 Å². The topological polar surface area (TPSA) is 52.3 Å². The molecule has 1 aromatic rings. The third-order valence-corrected chi connectivity index (χ3v) is 3.52. The van der Waals surface area contributed by atoms with Gasteiger partial charge in [-0.3, -0.25) is 4.79 Å². The minimum absolute atomic E-state index is 0.332. The van der Waals surface area contributed by atoms with E-state index in [2.05, 4.69) is 6.92 Å². The standard InChI is InChI=1S/C14H19NO2/c1-2-11-7-3-4-8-12(11)17-14(13(15)16)9-5-6-10-14/h3-4,7-8H,2,5-6,9-10H2,1H3,(H2,15,16). The first-order chi connectivity index (χ1) is 8.18. The van der Waals surface area contributed by atoms with Crippen LogP contribution >= 0.6 is 0 Å². The summed E-state index contributed by atoms with van der Waals surface area (Å²) in [4.78, 5) is 11.6. The highest BCUT2D eigenvalue weighted by molar-refractivity contribution is 5.84. The fourth-order valence-electron chi connectivity index (χ4n) is 2.45. The fraction of sp³-hybridized carbons (Fsp3) is 0.500. The van der Waals surface area contributed by atoms with E-state index in [-0.39, 0.29) is 5.91 Å². The van der Waals surface area contributed by atoms with Gasteiger partial charge in [0.05, 0.1) is 0 Å². The molecule has 2 rings (SSSR count). The second kappa shape index (κ2) is 4.78. The maximum atomic E-state index is 11.6. The molecule has 0 bridgehead atoms. The number of nitrogens with two attached hydrogens (primary N) is 1. The van der Waals surface area contributed by atoms with Crippen LogP contribution < -0.4 is 10.5 Å². The number of carbonyl (C=O) groups excluding carboxylic acids is 1. The first-order valence-electron chi connectivity index (χ1n) is 6.25. The predicted octanol–water partition coefficient (Wildman–Crippen LogP) is 2.43. The van der Waals surface area contributed by atoms with Gasteiger partial charge in [0.15, 0.2) is 5.60 Å². The van der Waals surface area contributed by atoms with Gasteiger partial charge in [-0.2, -0.15) is 0 Å². The van der Waals surface area contributed by atoms with Crippen LogP contribution in [-0.4, -0.2) is 11.5 Å². The Balaban J connectivity index is 2.26. The number of benzene rings is 1. The smallest absolute Gasteiger partial charge is 0.261 e. The van der Waals surface area contributed by atoms with Gasteiger partial charge in [-0.05, 0) is 43.7 Å². The van der Waals surface area contributed by atoms with Crippen LogP contribution in [0.5, 0.6) is 5.75 Å². The van der Waals surface area contributed by atoms with Crippen molar-refractivity contribution in [2.24, 2.45) is 5.73 Å². The number of hydrogen-bond acceptors (Lipinski definition) is 2. The summed E-state index contributed by atoms with van der Waals surface area (Å²) in [7, 11) is 0. The molecule has 1 saturated carbocycles. The lowest BCUT2D eigenvalue weighted by Crippen LogP contribution is -2.46. The molecule has 1 aromatic carbocycles. The molecule has 92 valence electrons. The van der Waals surface area contributed by atoms with Crippen molar-refractivity contribution in [2.45, 2.75) is 44.6 Å². The Morgan fingerprint density at radius 1 is 1.35 bits per heavy atom. The number of primary amides is 1. The van der Waals surface area contributed by atoms with E-state index in [0.717, 1.165) is 43.4 Å². The van der Waals surface area contributed by atoms with Crippen LogP contribution in [0.25, 0.3) is 0 Å². The molecule has 1 aliphatic rings. The first kappa shape index (κ1) is 12.0. The molecule has 3 nitrogen and oxygen atoms in total. The Hall–Kier alpha value is -1.51. The molecule has 0 heterocycles. The molecule has 0 atom stereocenters. The van der Waals surface area contributed by atoms with Crippen molar-refractivity contribution >= 4 is 5.91 Å². The van der Waals surface area contributed by atoms with Crippen LogP contribution in [-0.2, 0) is 11.2 Å².